The Bertz CT molecular complexity index is 824. The first-order valence-corrected chi connectivity index (χ1v) is 9.74. The lowest BCUT2D eigenvalue weighted by atomic mass is 10.2. The van der Waals surface area contributed by atoms with Gasteiger partial charge in [-0.05, 0) is 48.7 Å². The molecule has 1 amide bonds. The highest BCUT2D eigenvalue weighted by Crippen LogP contribution is 2.21. The molecule has 156 valence electrons. The van der Waals surface area contributed by atoms with Crippen molar-refractivity contribution in [2.45, 2.75) is 32.9 Å². The first-order valence-electron chi connectivity index (χ1n) is 9.74. The zero-order valence-corrected chi connectivity index (χ0v) is 19.3. The van der Waals surface area contributed by atoms with E-state index in [-0.39, 0.29) is 29.9 Å². The van der Waals surface area contributed by atoms with Gasteiger partial charge in [-0.2, -0.15) is 0 Å². The lowest BCUT2D eigenvalue weighted by Crippen LogP contribution is -2.36. The van der Waals surface area contributed by atoms with Gasteiger partial charge in [0, 0.05) is 31.7 Å². The molecule has 2 aromatic carbocycles. The second-order valence-electron chi connectivity index (χ2n) is 6.72. The van der Waals surface area contributed by atoms with Crippen LogP contribution in [0.15, 0.2) is 53.5 Å². The van der Waals surface area contributed by atoms with Crippen LogP contribution in [0, 0.1) is 0 Å². The Morgan fingerprint density at radius 2 is 1.93 bits per heavy atom. The Balaban J connectivity index is 0.00000300. The number of rotatable bonds is 7. The summed E-state index contributed by atoms with van der Waals surface area (Å²) < 4.78 is 5.26. The molecule has 6 nitrogen and oxygen atoms in total. The molecule has 0 atom stereocenters. The highest BCUT2D eigenvalue weighted by molar-refractivity contribution is 14.0. The predicted octanol–water partition coefficient (Wildman–Crippen LogP) is 3.70. The molecule has 1 fully saturated rings. The van der Waals surface area contributed by atoms with E-state index in [1.54, 1.807) is 7.11 Å². The third-order valence-corrected chi connectivity index (χ3v) is 4.68. The van der Waals surface area contributed by atoms with Gasteiger partial charge in [-0.3, -0.25) is 4.79 Å². The largest absolute Gasteiger partial charge is 0.497 e. The molecule has 7 heteroatoms. The number of guanidine groups is 1. The van der Waals surface area contributed by atoms with Gasteiger partial charge in [-0.15, -0.1) is 24.0 Å². The third kappa shape index (κ3) is 6.62. The molecule has 0 aromatic heterocycles. The van der Waals surface area contributed by atoms with Crippen molar-refractivity contribution in [3.05, 3.63) is 59.7 Å². The lowest BCUT2D eigenvalue weighted by molar-refractivity contribution is -0.117. The maximum absolute atomic E-state index is 11.9. The molecule has 2 N–H and O–H groups in total. The molecule has 0 radical (unpaired) electrons. The molecule has 0 aliphatic carbocycles. The van der Waals surface area contributed by atoms with Crippen LogP contribution in [-0.4, -0.2) is 32.1 Å². The third-order valence-electron chi connectivity index (χ3n) is 4.68. The first-order chi connectivity index (χ1) is 13.7. The maximum atomic E-state index is 11.9. The molecule has 0 bridgehead atoms. The average Bonchev–Trinajstić information content (AvgIpc) is 3.16. The van der Waals surface area contributed by atoms with Crippen molar-refractivity contribution in [1.82, 2.24) is 10.6 Å². The molecule has 1 heterocycles. The van der Waals surface area contributed by atoms with Crippen LogP contribution < -0.4 is 20.3 Å². The van der Waals surface area contributed by atoms with Crippen molar-refractivity contribution < 1.29 is 9.53 Å². The number of amides is 1. The summed E-state index contributed by atoms with van der Waals surface area (Å²) in [4.78, 5) is 18.4. The number of halogens is 1. The number of nitrogens with zero attached hydrogens (tertiary/aromatic N) is 2. The second kappa shape index (κ2) is 11.6. The summed E-state index contributed by atoms with van der Waals surface area (Å²) in [5, 5.41) is 6.63. The lowest BCUT2D eigenvalue weighted by Gasteiger charge is -2.16. The van der Waals surface area contributed by atoms with E-state index in [4.69, 9.17) is 4.74 Å². The number of carbonyl (C=O) groups is 1. The SMILES string of the molecule is CCNC(=NCc1cccc(OC)c1)NCc1ccc(N2CCCC2=O)cc1.I. The fraction of sp³-hybridized carbons (Fsp3) is 0.364. The molecule has 1 aliphatic rings. The van der Waals surface area contributed by atoms with Gasteiger partial charge in [0.15, 0.2) is 5.96 Å². The Morgan fingerprint density at radius 3 is 2.59 bits per heavy atom. The quantitative estimate of drug-likeness (QED) is 0.340. The number of hydrogen-bond acceptors (Lipinski definition) is 3. The highest BCUT2D eigenvalue weighted by Gasteiger charge is 2.21. The molecule has 1 saturated heterocycles. The van der Waals surface area contributed by atoms with Crippen LogP contribution in [0.4, 0.5) is 5.69 Å². The second-order valence-corrected chi connectivity index (χ2v) is 6.72. The number of carbonyl (C=O) groups excluding carboxylic acids is 1. The van der Waals surface area contributed by atoms with Crippen LogP contribution in [0.25, 0.3) is 0 Å². The van der Waals surface area contributed by atoms with Gasteiger partial charge in [0.1, 0.15) is 5.75 Å². The van der Waals surface area contributed by atoms with Crippen LogP contribution in [-0.2, 0) is 17.9 Å². The summed E-state index contributed by atoms with van der Waals surface area (Å²) in [6, 6.07) is 16.1. The Hall–Kier alpha value is -2.29. The first kappa shape index (κ1) is 23.0. The topological polar surface area (TPSA) is 66.0 Å². The fourth-order valence-corrected chi connectivity index (χ4v) is 3.18. The van der Waals surface area contributed by atoms with E-state index in [1.807, 2.05) is 48.2 Å². The number of benzene rings is 2. The van der Waals surface area contributed by atoms with E-state index in [9.17, 15) is 4.79 Å². The molecule has 29 heavy (non-hydrogen) atoms. The number of hydrogen-bond donors (Lipinski definition) is 2. The van der Waals surface area contributed by atoms with Gasteiger partial charge in [-0.1, -0.05) is 24.3 Å². The molecule has 2 aromatic rings. The summed E-state index contributed by atoms with van der Waals surface area (Å²) in [6.07, 6.45) is 1.59. The van der Waals surface area contributed by atoms with E-state index in [0.717, 1.165) is 48.0 Å². The summed E-state index contributed by atoms with van der Waals surface area (Å²) in [7, 11) is 1.67. The summed E-state index contributed by atoms with van der Waals surface area (Å²) in [5.74, 6) is 1.82. The van der Waals surface area contributed by atoms with Gasteiger partial charge in [0.2, 0.25) is 5.91 Å². The normalized spacial score (nSPS) is 13.8. The summed E-state index contributed by atoms with van der Waals surface area (Å²) in [5.41, 5.74) is 3.21. The Labute approximate surface area is 189 Å². The van der Waals surface area contributed by atoms with Crippen molar-refractivity contribution in [3.63, 3.8) is 0 Å². The number of ether oxygens (including phenoxy) is 1. The van der Waals surface area contributed by atoms with Crippen molar-refractivity contribution in [2.75, 3.05) is 25.1 Å². The number of aliphatic imine (C=N–C) groups is 1. The summed E-state index contributed by atoms with van der Waals surface area (Å²) in [6.45, 7) is 4.89. The molecule has 1 aliphatic heterocycles. The zero-order valence-electron chi connectivity index (χ0n) is 17.0. The van der Waals surface area contributed by atoms with Gasteiger partial charge in [0.25, 0.3) is 0 Å². The van der Waals surface area contributed by atoms with Crippen LogP contribution >= 0.6 is 24.0 Å². The molecule has 0 unspecified atom stereocenters. The Morgan fingerprint density at radius 1 is 1.14 bits per heavy atom. The van der Waals surface area contributed by atoms with E-state index in [2.05, 4.69) is 27.8 Å². The van der Waals surface area contributed by atoms with Gasteiger partial charge < -0.3 is 20.3 Å². The maximum Gasteiger partial charge on any atom is 0.227 e. The van der Waals surface area contributed by atoms with Crippen LogP contribution in [0.2, 0.25) is 0 Å². The fourth-order valence-electron chi connectivity index (χ4n) is 3.18. The minimum Gasteiger partial charge on any atom is -0.497 e. The monoisotopic (exact) mass is 508 g/mol. The minimum absolute atomic E-state index is 0. The van der Waals surface area contributed by atoms with Gasteiger partial charge >= 0.3 is 0 Å². The van der Waals surface area contributed by atoms with Crippen molar-refractivity contribution >= 4 is 41.5 Å². The Kier molecular flexibility index (Phi) is 9.24. The van der Waals surface area contributed by atoms with Gasteiger partial charge in [-0.25, -0.2) is 4.99 Å². The van der Waals surface area contributed by atoms with E-state index < -0.39 is 0 Å². The van der Waals surface area contributed by atoms with Crippen molar-refractivity contribution in [3.8, 4) is 5.75 Å². The number of nitrogens with one attached hydrogen (secondary N) is 2. The van der Waals surface area contributed by atoms with Crippen LogP contribution in [0.5, 0.6) is 5.75 Å². The van der Waals surface area contributed by atoms with E-state index in [1.165, 1.54) is 0 Å². The van der Waals surface area contributed by atoms with Gasteiger partial charge in [0.05, 0.1) is 13.7 Å². The number of anilines is 1. The van der Waals surface area contributed by atoms with Crippen molar-refractivity contribution in [1.29, 1.82) is 0 Å². The van der Waals surface area contributed by atoms with E-state index in [0.29, 0.717) is 19.5 Å². The number of methoxy groups -OCH3 is 1. The smallest absolute Gasteiger partial charge is 0.227 e. The minimum atomic E-state index is 0. The van der Waals surface area contributed by atoms with E-state index >= 15 is 0 Å². The molecular formula is C22H29IN4O2. The van der Waals surface area contributed by atoms with Crippen molar-refractivity contribution in [2.24, 2.45) is 4.99 Å². The molecular weight excluding hydrogens is 479 g/mol. The van der Waals surface area contributed by atoms with Crippen LogP contribution in [0.1, 0.15) is 30.9 Å². The molecule has 0 spiro atoms. The molecule has 3 rings (SSSR count). The van der Waals surface area contributed by atoms with Crippen LogP contribution in [0.3, 0.4) is 0 Å². The highest BCUT2D eigenvalue weighted by atomic mass is 127. The standard InChI is InChI=1S/C22H28N4O2.HI/c1-3-23-22(25-16-18-6-4-7-20(14-18)28-2)24-15-17-9-11-19(12-10-17)26-13-5-8-21(26)27;/h4,6-7,9-12,14H,3,5,8,13,15-16H2,1-2H3,(H2,23,24,25);1H. The predicted molar refractivity (Wildman–Crippen MR) is 128 cm³/mol. The molecule has 0 saturated carbocycles. The zero-order chi connectivity index (χ0) is 19.8. The average molecular weight is 508 g/mol. The summed E-state index contributed by atoms with van der Waals surface area (Å²) >= 11 is 0.